The van der Waals surface area contributed by atoms with Gasteiger partial charge in [-0.05, 0) is 46.5 Å². The van der Waals surface area contributed by atoms with Crippen LogP contribution in [0, 0.1) is 5.92 Å². The first-order chi connectivity index (χ1) is 8.06. The van der Waals surface area contributed by atoms with Gasteiger partial charge in [-0.1, -0.05) is 19.8 Å². The van der Waals surface area contributed by atoms with Crippen molar-refractivity contribution in [3.8, 4) is 0 Å². The monoisotopic (exact) mass is 240 g/mol. The van der Waals surface area contributed by atoms with E-state index in [1.54, 1.807) is 0 Å². The zero-order chi connectivity index (χ0) is 12.8. The van der Waals surface area contributed by atoms with Crippen LogP contribution in [0.2, 0.25) is 0 Å². The third kappa shape index (κ3) is 4.59. The van der Waals surface area contributed by atoms with Crippen LogP contribution in [0.1, 0.15) is 60.3 Å². The Morgan fingerprint density at radius 1 is 1.12 bits per heavy atom. The second kappa shape index (κ2) is 7.38. The fraction of sp³-hybridized carbons (Fsp3) is 1.00. The van der Waals surface area contributed by atoms with Gasteiger partial charge in [0, 0.05) is 31.2 Å². The molecule has 2 unspecified atom stereocenters. The molecule has 0 aromatic rings. The lowest BCUT2D eigenvalue weighted by Gasteiger charge is -2.31. The van der Waals surface area contributed by atoms with Gasteiger partial charge >= 0.3 is 0 Å². The van der Waals surface area contributed by atoms with Crippen LogP contribution in [0.15, 0.2) is 0 Å². The van der Waals surface area contributed by atoms with Crippen molar-refractivity contribution >= 4 is 0 Å². The first kappa shape index (κ1) is 15.0. The van der Waals surface area contributed by atoms with E-state index in [2.05, 4.69) is 44.8 Å². The maximum absolute atomic E-state index is 3.78. The van der Waals surface area contributed by atoms with Gasteiger partial charge in [-0.15, -0.1) is 0 Å². The van der Waals surface area contributed by atoms with Crippen molar-refractivity contribution in [1.29, 1.82) is 0 Å². The van der Waals surface area contributed by atoms with Gasteiger partial charge < -0.3 is 5.32 Å². The van der Waals surface area contributed by atoms with Gasteiger partial charge in [0.1, 0.15) is 0 Å². The minimum Gasteiger partial charge on any atom is -0.312 e. The molecule has 1 rings (SSSR count). The van der Waals surface area contributed by atoms with Crippen molar-refractivity contribution in [3.05, 3.63) is 0 Å². The molecule has 0 spiro atoms. The predicted molar refractivity (Wildman–Crippen MR) is 76.4 cm³/mol. The molecule has 0 amide bonds. The van der Waals surface area contributed by atoms with Crippen molar-refractivity contribution < 1.29 is 0 Å². The number of nitrogens with zero attached hydrogens (tertiary/aromatic N) is 1. The summed E-state index contributed by atoms with van der Waals surface area (Å²) in [5.41, 5.74) is 0. The van der Waals surface area contributed by atoms with Gasteiger partial charge in [-0.25, -0.2) is 0 Å². The summed E-state index contributed by atoms with van der Waals surface area (Å²) >= 11 is 0. The van der Waals surface area contributed by atoms with E-state index in [4.69, 9.17) is 0 Å². The third-order valence-corrected chi connectivity index (χ3v) is 4.29. The number of rotatable bonds is 7. The van der Waals surface area contributed by atoms with Crippen molar-refractivity contribution in [3.63, 3.8) is 0 Å². The molecular formula is C15H32N2. The fourth-order valence-electron chi connectivity index (χ4n) is 3.29. The molecule has 0 aromatic heterocycles. The highest BCUT2D eigenvalue weighted by molar-refractivity contribution is 4.82. The van der Waals surface area contributed by atoms with E-state index in [0.29, 0.717) is 12.1 Å². The average Bonchev–Trinajstić information content (AvgIpc) is 2.70. The second-order valence-electron chi connectivity index (χ2n) is 6.09. The standard InChI is InChI=1S/C15H32N2/c1-6-14-8-7-9-15(14)16-10-11-17(12(2)3)13(4)5/h12-16H,6-11H2,1-5H3. The van der Waals surface area contributed by atoms with Gasteiger partial charge in [0.2, 0.25) is 0 Å². The minimum absolute atomic E-state index is 0.655. The highest BCUT2D eigenvalue weighted by Crippen LogP contribution is 2.27. The Labute approximate surface area is 108 Å². The average molecular weight is 240 g/mol. The molecule has 2 atom stereocenters. The molecule has 0 aliphatic heterocycles. The van der Waals surface area contributed by atoms with Gasteiger partial charge in [0.25, 0.3) is 0 Å². The maximum atomic E-state index is 3.78. The van der Waals surface area contributed by atoms with Crippen molar-refractivity contribution in [1.82, 2.24) is 10.2 Å². The predicted octanol–water partition coefficient (Wildman–Crippen LogP) is 3.27. The van der Waals surface area contributed by atoms with Crippen molar-refractivity contribution in [2.45, 2.75) is 78.4 Å². The van der Waals surface area contributed by atoms with Crippen LogP contribution in [0.3, 0.4) is 0 Å². The largest absolute Gasteiger partial charge is 0.312 e. The molecular weight excluding hydrogens is 208 g/mol. The molecule has 0 bridgehead atoms. The SMILES string of the molecule is CCC1CCCC1NCCN(C(C)C)C(C)C. The fourth-order valence-corrected chi connectivity index (χ4v) is 3.29. The van der Waals surface area contributed by atoms with Crippen LogP contribution in [0.5, 0.6) is 0 Å². The van der Waals surface area contributed by atoms with Gasteiger partial charge in [0.05, 0.1) is 0 Å². The Balaban J connectivity index is 2.26. The summed E-state index contributed by atoms with van der Waals surface area (Å²) in [6.07, 6.45) is 5.60. The first-order valence-corrected chi connectivity index (χ1v) is 7.55. The van der Waals surface area contributed by atoms with Gasteiger partial charge in [-0.3, -0.25) is 4.90 Å². The number of hydrogen-bond acceptors (Lipinski definition) is 2. The lowest BCUT2D eigenvalue weighted by atomic mass is 10.0. The van der Waals surface area contributed by atoms with E-state index in [1.165, 1.54) is 32.2 Å². The Morgan fingerprint density at radius 3 is 2.29 bits per heavy atom. The summed E-state index contributed by atoms with van der Waals surface area (Å²) in [4.78, 5) is 2.57. The molecule has 1 aliphatic rings. The Morgan fingerprint density at radius 2 is 1.76 bits per heavy atom. The number of nitrogens with one attached hydrogen (secondary N) is 1. The lowest BCUT2D eigenvalue weighted by Crippen LogP contribution is -2.44. The number of hydrogen-bond donors (Lipinski definition) is 1. The normalized spacial score (nSPS) is 25.4. The van der Waals surface area contributed by atoms with Gasteiger partial charge in [0.15, 0.2) is 0 Å². The summed E-state index contributed by atoms with van der Waals surface area (Å²) in [5.74, 6) is 0.932. The molecule has 1 saturated carbocycles. The summed E-state index contributed by atoms with van der Waals surface area (Å²) in [6, 6.07) is 2.10. The zero-order valence-electron chi connectivity index (χ0n) is 12.5. The molecule has 2 nitrogen and oxygen atoms in total. The van der Waals surface area contributed by atoms with Gasteiger partial charge in [-0.2, -0.15) is 0 Å². The van der Waals surface area contributed by atoms with Crippen LogP contribution < -0.4 is 5.32 Å². The summed E-state index contributed by atoms with van der Waals surface area (Å²) < 4.78 is 0. The van der Waals surface area contributed by atoms with Crippen LogP contribution in [-0.2, 0) is 0 Å². The Hall–Kier alpha value is -0.0800. The highest BCUT2D eigenvalue weighted by atomic mass is 15.2. The molecule has 1 fully saturated rings. The zero-order valence-corrected chi connectivity index (χ0v) is 12.5. The third-order valence-electron chi connectivity index (χ3n) is 4.29. The van der Waals surface area contributed by atoms with E-state index >= 15 is 0 Å². The first-order valence-electron chi connectivity index (χ1n) is 7.55. The molecule has 1 aliphatic carbocycles. The second-order valence-corrected chi connectivity index (χ2v) is 6.09. The van der Waals surface area contributed by atoms with Crippen molar-refractivity contribution in [2.75, 3.05) is 13.1 Å². The van der Waals surface area contributed by atoms with Crippen LogP contribution in [0.4, 0.5) is 0 Å². The molecule has 0 saturated heterocycles. The molecule has 17 heavy (non-hydrogen) atoms. The van der Waals surface area contributed by atoms with E-state index in [0.717, 1.165) is 18.5 Å². The molecule has 0 heterocycles. The summed E-state index contributed by atoms with van der Waals surface area (Å²) in [5, 5.41) is 3.78. The van der Waals surface area contributed by atoms with Crippen LogP contribution >= 0.6 is 0 Å². The molecule has 2 heteroatoms. The quantitative estimate of drug-likeness (QED) is 0.735. The topological polar surface area (TPSA) is 15.3 Å². The van der Waals surface area contributed by atoms with Crippen LogP contribution in [0.25, 0.3) is 0 Å². The Bertz CT molecular complexity index is 193. The summed E-state index contributed by atoms with van der Waals surface area (Å²) in [6.45, 7) is 13.8. The molecule has 1 N–H and O–H groups in total. The van der Waals surface area contributed by atoms with E-state index in [9.17, 15) is 0 Å². The minimum atomic E-state index is 0.655. The lowest BCUT2D eigenvalue weighted by molar-refractivity contribution is 0.172. The molecule has 0 aromatic carbocycles. The van der Waals surface area contributed by atoms with E-state index < -0.39 is 0 Å². The molecule has 102 valence electrons. The van der Waals surface area contributed by atoms with Crippen molar-refractivity contribution in [2.24, 2.45) is 5.92 Å². The highest BCUT2D eigenvalue weighted by Gasteiger charge is 2.25. The molecule has 0 radical (unpaired) electrons. The van der Waals surface area contributed by atoms with Crippen LogP contribution in [-0.4, -0.2) is 36.1 Å². The summed E-state index contributed by atoms with van der Waals surface area (Å²) in [7, 11) is 0. The maximum Gasteiger partial charge on any atom is 0.0112 e. The van der Waals surface area contributed by atoms with E-state index in [1.807, 2.05) is 0 Å². The smallest absolute Gasteiger partial charge is 0.0112 e. The Kier molecular flexibility index (Phi) is 6.50. The van der Waals surface area contributed by atoms with E-state index in [-0.39, 0.29) is 0 Å².